The number of aromatic nitrogens is 3. The SMILES string of the molecule is FC(F)(F)c1n[nH]c(=S)n1/N=C/c1c(Cl)cccc1Cl. The summed E-state index contributed by atoms with van der Waals surface area (Å²) in [4.78, 5) is 0. The Morgan fingerprint density at radius 1 is 1.30 bits per heavy atom. The van der Waals surface area contributed by atoms with Crippen LogP contribution in [-0.2, 0) is 6.18 Å². The maximum absolute atomic E-state index is 12.7. The largest absolute Gasteiger partial charge is 0.453 e. The third-order valence-corrected chi connectivity index (χ3v) is 3.13. The van der Waals surface area contributed by atoms with Crippen molar-refractivity contribution >= 4 is 41.6 Å². The summed E-state index contributed by atoms with van der Waals surface area (Å²) in [6.45, 7) is 0. The first kappa shape index (κ1) is 15.0. The standard InChI is InChI=1S/C10H5Cl2F3N4S/c11-6-2-1-3-7(12)5(6)4-16-19-8(10(13,14)15)17-18-9(19)20/h1-4H,(H,18,20)/b16-4+. The fraction of sp³-hybridized carbons (Fsp3) is 0.100. The van der Waals surface area contributed by atoms with Gasteiger partial charge in [-0.1, -0.05) is 29.3 Å². The van der Waals surface area contributed by atoms with Crippen molar-refractivity contribution in [2.75, 3.05) is 0 Å². The first-order valence-corrected chi connectivity index (χ1v) is 6.20. The lowest BCUT2D eigenvalue weighted by atomic mass is 10.2. The van der Waals surface area contributed by atoms with Crippen LogP contribution in [0.1, 0.15) is 11.4 Å². The van der Waals surface area contributed by atoms with E-state index in [1.165, 1.54) is 12.1 Å². The zero-order valence-electron chi connectivity index (χ0n) is 9.45. The zero-order valence-corrected chi connectivity index (χ0v) is 11.8. The summed E-state index contributed by atoms with van der Waals surface area (Å²) in [7, 11) is 0. The van der Waals surface area contributed by atoms with Crippen LogP contribution < -0.4 is 0 Å². The highest BCUT2D eigenvalue weighted by molar-refractivity contribution is 7.71. The Morgan fingerprint density at radius 2 is 1.90 bits per heavy atom. The van der Waals surface area contributed by atoms with Crippen LogP contribution in [0.25, 0.3) is 0 Å². The Bertz CT molecular complexity index is 700. The number of benzene rings is 1. The molecule has 10 heteroatoms. The Hall–Kier alpha value is -1.38. The molecule has 1 heterocycles. The Balaban J connectivity index is 2.48. The summed E-state index contributed by atoms with van der Waals surface area (Å²) in [5.74, 6) is -1.26. The maximum atomic E-state index is 12.7. The van der Waals surface area contributed by atoms with E-state index in [2.05, 4.69) is 22.4 Å². The van der Waals surface area contributed by atoms with E-state index in [1.54, 1.807) is 6.07 Å². The molecule has 0 aliphatic rings. The summed E-state index contributed by atoms with van der Waals surface area (Å²) in [6.07, 6.45) is -3.60. The van der Waals surface area contributed by atoms with Gasteiger partial charge in [0.15, 0.2) is 0 Å². The number of alkyl halides is 3. The van der Waals surface area contributed by atoms with Crippen LogP contribution in [0.15, 0.2) is 23.3 Å². The van der Waals surface area contributed by atoms with Gasteiger partial charge in [-0.25, -0.2) is 5.10 Å². The number of nitrogens with one attached hydrogen (secondary N) is 1. The molecule has 20 heavy (non-hydrogen) atoms. The van der Waals surface area contributed by atoms with Crippen LogP contribution in [0.3, 0.4) is 0 Å². The van der Waals surface area contributed by atoms with Gasteiger partial charge in [-0.3, -0.25) is 0 Å². The second-order valence-electron chi connectivity index (χ2n) is 3.54. The molecule has 1 N–H and O–H groups in total. The lowest BCUT2D eigenvalue weighted by Crippen LogP contribution is -2.12. The minimum absolute atomic E-state index is 0.254. The van der Waals surface area contributed by atoms with Gasteiger partial charge in [-0.15, -0.1) is 5.10 Å². The molecule has 1 aromatic heterocycles. The maximum Gasteiger partial charge on any atom is 0.453 e. The predicted molar refractivity (Wildman–Crippen MR) is 71.9 cm³/mol. The highest BCUT2D eigenvalue weighted by atomic mass is 35.5. The van der Waals surface area contributed by atoms with E-state index in [0.29, 0.717) is 4.68 Å². The third kappa shape index (κ3) is 3.02. The molecule has 0 atom stereocenters. The van der Waals surface area contributed by atoms with E-state index in [-0.39, 0.29) is 20.4 Å². The average Bonchev–Trinajstić information content (AvgIpc) is 2.70. The molecule has 0 fully saturated rings. The van der Waals surface area contributed by atoms with Gasteiger partial charge in [0.25, 0.3) is 5.82 Å². The molecule has 1 aromatic carbocycles. The van der Waals surface area contributed by atoms with Crippen LogP contribution in [0.4, 0.5) is 13.2 Å². The fourth-order valence-electron chi connectivity index (χ4n) is 1.33. The predicted octanol–water partition coefficient (Wildman–Crippen LogP) is 4.15. The Kier molecular flexibility index (Phi) is 4.17. The number of halogens is 5. The van der Waals surface area contributed by atoms with E-state index in [0.717, 1.165) is 6.21 Å². The molecule has 0 aliphatic carbocycles. The van der Waals surface area contributed by atoms with Crippen molar-refractivity contribution in [2.24, 2.45) is 5.10 Å². The minimum Gasteiger partial charge on any atom is -0.250 e. The van der Waals surface area contributed by atoms with Crippen molar-refractivity contribution in [3.05, 3.63) is 44.4 Å². The summed E-state index contributed by atoms with van der Waals surface area (Å²) in [5, 5.41) is 9.25. The van der Waals surface area contributed by atoms with Crippen molar-refractivity contribution < 1.29 is 13.2 Å². The Morgan fingerprint density at radius 3 is 2.45 bits per heavy atom. The van der Waals surface area contributed by atoms with Gasteiger partial charge < -0.3 is 0 Å². The van der Waals surface area contributed by atoms with Crippen molar-refractivity contribution in [1.29, 1.82) is 0 Å². The molecule has 2 aromatic rings. The van der Waals surface area contributed by atoms with Gasteiger partial charge in [0.1, 0.15) is 0 Å². The normalized spacial score (nSPS) is 12.2. The molecular formula is C10H5Cl2F3N4S. The lowest BCUT2D eigenvalue weighted by molar-refractivity contribution is -0.147. The second-order valence-corrected chi connectivity index (χ2v) is 4.74. The van der Waals surface area contributed by atoms with Gasteiger partial charge in [-0.2, -0.15) is 22.9 Å². The monoisotopic (exact) mass is 340 g/mol. The van der Waals surface area contributed by atoms with E-state index >= 15 is 0 Å². The minimum atomic E-state index is -4.69. The highest BCUT2D eigenvalue weighted by Crippen LogP contribution is 2.28. The molecular weight excluding hydrogens is 336 g/mol. The molecule has 0 radical (unpaired) electrons. The molecule has 106 valence electrons. The van der Waals surface area contributed by atoms with Gasteiger partial charge >= 0.3 is 6.18 Å². The second kappa shape index (κ2) is 5.55. The third-order valence-electron chi connectivity index (χ3n) is 2.21. The van der Waals surface area contributed by atoms with E-state index in [4.69, 9.17) is 23.2 Å². The van der Waals surface area contributed by atoms with E-state index < -0.39 is 12.0 Å². The van der Waals surface area contributed by atoms with Crippen molar-refractivity contribution in [3.8, 4) is 0 Å². The smallest absolute Gasteiger partial charge is 0.250 e. The summed E-state index contributed by atoms with van der Waals surface area (Å²) >= 11 is 16.5. The van der Waals surface area contributed by atoms with Crippen molar-refractivity contribution in [2.45, 2.75) is 6.18 Å². The van der Waals surface area contributed by atoms with Crippen LogP contribution in [-0.4, -0.2) is 21.1 Å². The summed E-state index contributed by atoms with van der Waals surface area (Å²) in [6, 6.07) is 4.68. The van der Waals surface area contributed by atoms with Crippen LogP contribution in [0.5, 0.6) is 0 Å². The highest BCUT2D eigenvalue weighted by Gasteiger charge is 2.37. The van der Waals surface area contributed by atoms with Crippen molar-refractivity contribution in [1.82, 2.24) is 14.9 Å². The number of H-pyrrole nitrogens is 1. The topological polar surface area (TPSA) is 46.0 Å². The molecule has 4 nitrogen and oxygen atoms in total. The molecule has 2 rings (SSSR count). The molecule has 0 saturated carbocycles. The molecule has 0 spiro atoms. The summed E-state index contributed by atoms with van der Waals surface area (Å²) < 4.78 is 38.2. The summed E-state index contributed by atoms with van der Waals surface area (Å²) in [5.41, 5.74) is 0.284. The first-order chi connectivity index (χ1) is 9.30. The van der Waals surface area contributed by atoms with Gasteiger partial charge in [0.05, 0.1) is 16.3 Å². The lowest BCUT2D eigenvalue weighted by Gasteiger charge is -2.04. The van der Waals surface area contributed by atoms with E-state index in [1.807, 2.05) is 5.10 Å². The quantitative estimate of drug-likeness (QED) is 0.659. The number of aromatic amines is 1. The molecule has 0 saturated heterocycles. The van der Waals surface area contributed by atoms with Crippen LogP contribution in [0.2, 0.25) is 10.0 Å². The average molecular weight is 341 g/mol. The van der Waals surface area contributed by atoms with Crippen LogP contribution in [0, 0.1) is 4.77 Å². The number of nitrogens with zero attached hydrogens (tertiary/aromatic N) is 3. The number of rotatable bonds is 2. The zero-order chi connectivity index (χ0) is 14.9. The van der Waals surface area contributed by atoms with Gasteiger partial charge in [-0.05, 0) is 24.4 Å². The van der Waals surface area contributed by atoms with Crippen molar-refractivity contribution in [3.63, 3.8) is 0 Å². The molecule has 0 amide bonds. The van der Waals surface area contributed by atoms with Gasteiger partial charge in [0, 0.05) is 5.56 Å². The fourth-order valence-corrected chi connectivity index (χ4v) is 2.01. The molecule has 0 bridgehead atoms. The molecule has 0 unspecified atom stereocenters. The Labute approximate surface area is 125 Å². The van der Waals surface area contributed by atoms with Gasteiger partial charge in [0.2, 0.25) is 4.77 Å². The first-order valence-electron chi connectivity index (χ1n) is 5.03. The number of hydrogen-bond donors (Lipinski definition) is 1. The number of hydrogen-bond acceptors (Lipinski definition) is 3. The van der Waals surface area contributed by atoms with Crippen LogP contribution >= 0.6 is 35.4 Å². The van der Waals surface area contributed by atoms with E-state index in [9.17, 15) is 13.2 Å². The molecule has 0 aliphatic heterocycles.